The normalized spacial score (nSPS) is 23.8. The maximum Gasteiger partial charge on any atom is 0.416 e. The number of carbonyl (C=O) groups is 1. The van der Waals surface area contributed by atoms with Crippen molar-refractivity contribution in [2.75, 3.05) is 39.3 Å². The second kappa shape index (κ2) is 15.1. The average Bonchev–Trinajstić information content (AvgIpc) is 3.62. The van der Waals surface area contributed by atoms with E-state index in [0.29, 0.717) is 50.8 Å². The van der Waals surface area contributed by atoms with Gasteiger partial charge in [0.25, 0.3) is 0 Å². The minimum atomic E-state index is -4.43. The summed E-state index contributed by atoms with van der Waals surface area (Å²) >= 11 is 0. The van der Waals surface area contributed by atoms with Gasteiger partial charge in [-0.05, 0) is 92.3 Å². The van der Waals surface area contributed by atoms with Crippen molar-refractivity contribution in [2.24, 2.45) is 17.6 Å². The van der Waals surface area contributed by atoms with Gasteiger partial charge in [0.1, 0.15) is 11.8 Å². The fourth-order valence-corrected chi connectivity index (χ4v) is 9.76. The molecule has 6 rings (SSSR count). The maximum absolute atomic E-state index is 14.3. The number of amides is 1. The quantitative estimate of drug-likeness (QED) is 0.336. The number of alkyl halides is 3. The lowest BCUT2D eigenvalue weighted by molar-refractivity contribution is -0.139. The Morgan fingerprint density at radius 1 is 0.833 bits per heavy atom. The van der Waals surface area contributed by atoms with Crippen LogP contribution in [0.3, 0.4) is 0 Å². The first kappa shape index (κ1) is 35.2. The first-order valence-corrected chi connectivity index (χ1v) is 19.1. The average molecular weight is 691 g/mol. The predicted molar refractivity (Wildman–Crippen MR) is 178 cm³/mol. The summed E-state index contributed by atoms with van der Waals surface area (Å²) in [6.45, 7) is 2.15. The number of sulfonamides is 1. The standard InChI is InChI=1S/C36H49F3N4O4S/c37-36(38,39)29-12-10-28(11-13-29)34(27-8-4-5-9-27)42-22-23-43(33(24-42)35(44)41-20-18-30(40)19-21-41)48(45,46)32-16-14-31(15-17-32)47-25-26-6-2-1-3-7-26/h10-17,26-27,30,33-34H,1-9,18-25,40H2/t33-,34+/m0/s1. The van der Waals surface area contributed by atoms with Crippen LogP contribution in [0.25, 0.3) is 0 Å². The van der Waals surface area contributed by atoms with Crippen molar-refractivity contribution in [1.82, 2.24) is 14.1 Å². The topological polar surface area (TPSA) is 96.2 Å². The molecule has 0 unspecified atom stereocenters. The van der Waals surface area contributed by atoms with E-state index in [1.54, 1.807) is 41.3 Å². The molecule has 0 bridgehead atoms. The van der Waals surface area contributed by atoms with Crippen molar-refractivity contribution in [1.29, 1.82) is 0 Å². The summed E-state index contributed by atoms with van der Waals surface area (Å²) < 4.78 is 76.1. The lowest BCUT2D eigenvalue weighted by Gasteiger charge is -2.46. The van der Waals surface area contributed by atoms with Crippen molar-refractivity contribution in [2.45, 2.75) is 99.8 Å². The molecule has 2 aliphatic heterocycles. The Hall–Kier alpha value is -2.67. The van der Waals surface area contributed by atoms with Gasteiger partial charge in [-0.1, -0.05) is 44.2 Å². The number of carbonyl (C=O) groups excluding carboxylic acids is 1. The van der Waals surface area contributed by atoms with Crippen LogP contribution in [0.1, 0.15) is 87.8 Å². The van der Waals surface area contributed by atoms with Crippen molar-refractivity contribution in [3.8, 4) is 5.75 Å². The van der Waals surface area contributed by atoms with Crippen LogP contribution in [0.4, 0.5) is 13.2 Å². The summed E-state index contributed by atoms with van der Waals surface area (Å²) in [5, 5.41) is 0. The highest BCUT2D eigenvalue weighted by molar-refractivity contribution is 7.89. The number of hydrogen-bond acceptors (Lipinski definition) is 6. The molecule has 2 aromatic carbocycles. The van der Waals surface area contributed by atoms with Gasteiger partial charge in [-0.2, -0.15) is 17.5 Å². The number of ether oxygens (including phenoxy) is 1. The van der Waals surface area contributed by atoms with Gasteiger partial charge >= 0.3 is 6.18 Å². The van der Waals surface area contributed by atoms with Crippen LogP contribution in [0.15, 0.2) is 53.4 Å². The molecule has 2 saturated carbocycles. The SMILES string of the molecule is NC1CCN(C(=O)[C@@H]2CN([C@@H](c3ccc(C(F)(F)F)cc3)C3CCCC3)CCN2S(=O)(=O)c2ccc(OCC3CCCCC3)cc2)CC1. The Kier molecular flexibility index (Phi) is 11.0. The van der Waals surface area contributed by atoms with Crippen LogP contribution < -0.4 is 10.5 Å². The van der Waals surface area contributed by atoms with E-state index in [4.69, 9.17) is 10.5 Å². The number of halogens is 3. The Morgan fingerprint density at radius 3 is 2.08 bits per heavy atom. The molecular weight excluding hydrogens is 641 g/mol. The first-order valence-electron chi connectivity index (χ1n) is 17.7. The van der Waals surface area contributed by atoms with E-state index in [9.17, 15) is 26.4 Å². The number of nitrogens with two attached hydrogens (primary N) is 1. The van der Waals surface area contributed by atoms with Gasteiger partial charge in [0, 0.05) is 44.8 Å². The fourth-order valence-electron chi connectivity index (χ4n) is 8.19. The summed E-state index contributed by atoms with van der Waals surface area (Å²) in [6, 6.07) is 10.7. The number of rotatable bonds is 9. The molecule has 2 saturated heterocycles. The van der Waals surface area contributed by atoms with Gasteiger partial charge in [-0.3, -0.25) is 9.69 Å². The number of nitrogens with zero attached hydrogens (tertiary/aromatic N) is 3. The largest absolute Gasteiger partial charge is 0.493 e. The number of piperidine rings is 1. The van der Waals surface area contributed by atoms with Crippen molar-refractivity contribution < 1.29 is 31.1 Å². The zero-order valence-corrected chi connectivity index (χ0v) is 28.4. The van der Waals surface area contributed by atoms with Gasteiger partial charge in [0.15, 0.2) is 0 Å². The third-order valence-corrected chi connectivity index (χ3v) is 12.9. The second-order valence-electron chi connectivity index (χ2n) is 14.2. The summed E-state index contributed by atoms with van der Waals surface area (Å²) in [5.74, 6) is 1.10. The third kappa shape index (κ3) is 8.03. The first-order chi connectivity index (χ1) is 23.0. The number of likely N-dealkylation sites (tertiary alicyclic amines) is 1. The molecule has 0 aromatic heterocycles. The molecular formula is C36H49F3N4O4S. The molecule has 0 spiro atoms. The lowest BCUT2D eigenvalue weighted by Crippen LogP contribution is -2.62. The van der Waals surface area contributed by atoms with Gasteiger partial charge in [0.2, 0.25) is 15.9 Å². The highest BCUT2D eigenvalue weighted by atomic mass is 32.2. The van der Waals surface area contributed by atoms with Crippen molar-refractivity contribution in [3.05, 3.63) is 59.7 Å². The molecule has 12 heteroatoms. The third-order valence-electron chi connectivity index (χ3n) is 11.0. The summed E-state index contributed by atoms with van der Waals surface area (Å²) in [4.78, 5) is 18.2. The highest BCUT2D eigenvalue weighted by Crippen LogP contribution is 2.42. The molecule has 8 nitrogen and oxygen atoms in total. The molecule has 4 aliphatic rings. The van der Waals surface area contributed by atoms with Crippen molar-refractivity contribution in [3.63, 3.8) is 0 Å². The Bertz CT molecular complexity index is 1470. The van der Waals surface area contributed by atoms with E-state index in [1.807, 2.05) is 0 Å². The molecule has 2 aliphatic carbocycles. The molecule has 2 heterocycles. The molecule has 2 N–H and O–H groups in total. The van der Waals surface area contributed by atoms with Gasteiger partial charge < -0.3 is 15.4 Å². The zero-order chi connectivity index (χ0) is 33.9. The van der Waals surface area contributed by atoms with Gasteiger partial charge in [-0.15, -0.1) is 0 Å². The number of hydrogen-bond donors (Lipinski definition) is 1. The van der Waals surface area contributed by atoms with Gasteiger partial charge in [0.05, 0.1) is 17.1 Å². The highest BCUT2D eigenvalue weighted by Gasteiger charge is 2.45. The van der Waals surface area contributed by atoms with Crippen LogP contribution in [0, 0.1) is 11.8 Å². The van der Waals surface area contributed by atoms with E-state index in [1.165, 1.54) is 23.6 Å². The van der Waals surface area contributed by atoms with Crippen LogP contribution >= 0.6 is 0 Å². The predicted octanol–water partition coefficient (Wildman–Crippen LogP) is 6.22. The number of piperazine rings is 1. The Labute approximate surface area is 282 Å². The fraction of sp³-hybridized carbons (Fsp3) is 0.639. The Balaban J connectivity index is 1.25. The molecule has 264 valence electrons. The lowest BCUT2D eigenvalue weighted by atomic mass is 9.88. The maximum atomic E-state index is 14.3. The second-order valence-corrected chi connectivity index (χ2v) is 16.1. The van der Waals surface area contributed by atoms with Crippen LogP contribution in [0.2, 0.25) is 0 Å². The molecule has 0 radical (unpaired) electrons. The molecule has 2 atom stereocenters. The Morgan fingerprint density at radius 2 is 1.46 bits per heavy atom. The minimum absolute atomic E-state index is 0.00186. The zero-order valence-electron chi connectivity index (χ0n) is 27.6. The summed E-state index contributed by atoms with van der Waals surface area (Å²) in [6.07, 6.45) is 6.79. The van der Waals surface area contributed by atoms with E-state index in [0.717, 1.165) is 56.2 Å². The summed E-state index contributed by atoms with van der Waals surface area (Å²) in [7, 11) is -4.06. The minimum Gasteiger partial charge on any atom is -0.493 e. The number of benzene rings is 2. The van der Waals surface area contributed by atoms with Crippen LogP contribution in [-0.4, -0.2) is 79.8 Å². The molecule has 2 aromatic rings. The van der Waals surface area contributed by atoms with E-state index in [2.05, 4.69) is 4.90 Å². The summed E-state index contributed by atoms with van der Waals surface area (Å²) in [5.41, 5.74) is 6.19. The van der Waals surface area contributed by atoms with Gasteiger partial charge in [-0.25, -0.2) is 8.42 Å². The smallest absolute Gasteiger partial charge is 0.416 e. The monoisotopic (exact) mass is 690 g/mol. The van der Waals surface area contributed by atoms with Crippen LogP contribution in [0.5, 0.6) is 5.75 Å². The van der Waals surface area contributed by atoms with E-state index < -0.39 is 27.8 Å². The molecule has 48 heavy (non-hydrogen) atoms. The van der Waals surface area contributed by atoms with Crippen LogP contribution in [-0.2, 0) is 21.0 Å². The molecule has 4 fully saturated rings. The molecule has 1 amide bonds. The van der Waals surface area contributed by atoms with Crippen molar-refractivity contribution >= 4 is 15.9 Å². The van der Waals surface area contributed by atoms with E-state index in [-0.39, 0.29) is 41.9 Å². The van der Waals surface area contributed by atoms with E-state index >= 15 is 0 Å².